The van der Waals surface area contributed by atoms with Gasteiger partial charge in [0.2, 0.25) is 0 Å². The molecule has 102 valence electrons. The molecule has 0 aliphatic carbocycles. The second-order valence-electron chi connectivity index (χ2n) is 3.69. The molecule has 0 saturated heterocycles. The van der Waals surface area contributed by atoms with E-state index in [0.717, 1.165) is 6.42 Å². The summed E-state index contributed by atoms with van der Waals surface area (Å²) in [5.41, 5.74) is 0. The minimum absolute atomic E-state index is 0.0595. The summed E-state index contributed by atoms with van der Waals surface area (Å²) >= 11 is 1.54. The highest BCUT2D eigenvalue weighted by Gasteiger charge is 2.46. The molecule has 0 fully saturated rings. The average Bonchev–Trinajstić information content (AvgIpc) is 2.34. The molecule has 0 aromatic rings. The van der Waals surface area contributed by atoms with Gasteiger partial charge in [-0.15, -0.1) is 0 Å². The first kappa shape index (κ1) is 16.9. The zero-order valence-corrected chi connectivity index (χ0v) is 12.9. The molecule has 0 heterocycles. The van der Waals surface area contributed by atoms with Crippen molar-refractivity contribution in [3.8, 4) is 0 Å². The number of rotatable bonds is 9. The van der Waals surface area contributed by atoms with E-state index >= 15 is 0 Å². The Morgan fingerprint density at radius 2 is 1.76 bits per heavy atom. The lowest BCUT2D eigenvalue weighted by Gasteiger charge is -2.31. The maximum Gasteiger partial charge on any atom is 0.513 e. The molecule has 2 atom stereocenters. The third kappa shape index (κ3) is 4.59. The van der Waals surface area contributed by atoms with Crippen molar-refractivity contribution in [2.24, 2.45) is 5.92 Å². The van der Waals surface area contributed by atoms with Gasteiger partial charge in [-0.25, -0.2) is 0 Å². The number of thioether (sulfide) groups is 1. The minimum Gasteiger partial charge on any atom is -0.481 e. The molecule has 0 aliphatic heterocycles. The molecule has 1 N–H and O–H groups in total. The average molecular weight is 282 g/mol. The smallest absolute Gasteiger partial charge is 0.481 e. The Morgan fingerprint density at radius 3 is 2.06 bits per heavy atom. The molecule has 2 unspecified atom stereocenters. The van der Waals surface area contributed by atoms with Crippen LogP contribution in [-0.2, 0) is 18.1 Å². The molecular weight excluding hydrogens is 260 g/mol. The number of carboxylic acid groups (broad SMARTS) is 1. The topological polar surface area (TPSA) is 65.0 Å². The van der Waals surface area contributed by atoms with Gasteiger partial charge in [0, 0.05) is 27.1 Å². The van der Waals surface area contributed by atoms with Gasteiger partial charge in [0.05, 0.1) is 10.8 Å². The van der Waals surface area contributed by atoms with Crippen LogP contribution < -0.4 is 0 Å². The van der Waals surface area contributed by atoms with E-state index in [-0.39, 0.29) is 10.8 Å². The van der Waals surface area contributed by atoms with Gasteiger partial charge in [0.1, 0.15) is 0 Å². The van der Waals surface area contributed by atoms with Crippen LogP contribution in [0.4, 0.5) is 0 Å². The normalized spacial score (nSPS) is 15.6. The second-order valence-corrected chi connectivity index (χ2v) is 8.47. The Morgan fingerprint density at radius 1 is 1.29 bits per heavy atom. The van der Waals surface area contributed by atoms with E-state index in [4.69, 9.17) is 18.4 Å². The molecule has 0 bridgehead atoms. The van der Waals surface area contributed by atoms with Gasteiger partial charge in [-0.05, 0) is 6.42 Å². The van der Waals surface area contributed by atoms with Gasteiger partial charge in [-0.2, -0.15) is 11.8 Å². The Labute approximate surface area is 108 Å². The predicted octanol–water partition coefficient (Wildman–Crippen LogP) is 1.64. The highest BCUT2D eigenvalue weighted by Crippen LogP contribution is 2.28. The van der Waals surface area contributed by atoms with Crippen molar-refractivity contribution in [1.82, 2.24) is 0 Å². The molecule has 0 spiro atoms. The van der Waals surface area contributed by atoms with E-state index in [0.29, 0.717) is 5.75 Å². The zero-order valence-electron chi connectivity index (χ0n) is 11.1. The van der Waals surface area contributed by atoms with Crippen LogP contribution in [-0.4, -0.2) is 51.8 Å². The Bertz CT molecular complexity index is 226. The van der Waals surface area contributed by atoms with Crippen LogP contribution in [0.25, 0.3) is 0 Å². The number of hydrogen-bond acceptors (Lipinski definition) is 5. The van der Waals surface area contributed by atoms with Crippen molar-refractivity contribution in [2.75, 3.05) is 27.1 Å². The Kier molecular flexibility index (Phi) is 8.06. The maximum atomic E-state index is 10.8. The van der Waals surface area contributed by atoms with Gasteiger partial charge < -0.3 is 18.4 Å². The number of aliphatic carboxylic acids is 1. The van der Waals surface area contributed by atoms with Crippen LogP contribution in [0.3, 0.4) is 0 Å². The van der Waals surface area contributed by atoms with Gasteiger partial charge in [0.15, 0.2) is 0 Å². The quantitative estimate of drug-likeness (QED) is 0.649. The Hall–Kier alpha value is -0.0831. The minimum atomic E-state index is -2.68. The fourth-order valence-electron chi connectivity index (χ4n) is 1.45. The lowest BCUT2D eigenvalue weighted by atomic mass is 10.2. The highest BCUT2D eigenvalue weighted by atomic mass is 32.2. The molecule has 0 amide bonds. The molecule has 0 aliphatic rings. The van der Waals surface area contributed by atoms with Crippen LogP contribution >= 0.6 is 11.8 Å². The maximum absolute atomic E-state index is 10.8. The molecule has 7 heteroatoms. The molecule has 0 rings (SSSR count). The van der Waals surface area contributed by atoms with Crippen LogP contribution in [0.15, 0.2) is 0 Å². The lowest BCUT2D eigenvalue weighted by molar-refractivity contribution is -0.140. The summed E-state index contributed by atoms with van der Waals surface area (Å²) in [4.78, 5) is 10.8. The summed E-state index contributed by atoms with van der Waals surface area (Å²) in [6, 6.07) is 0. The van der Waals surface area contributed by atoms with Crippen molar-refractivity contribution < 1.29 is 23.2 Å². The van der Waals surface area contributed by atoms with Crippen molar-refractivity contribution in [1.29, 1.82) is 0 Å². The van der Waals surface area contributed by atoms with Crippen LogP contribution in [0.1, 0.15) is 20.3 Å². The predicted molar refractivity (Wildman–Crippen MR) is 70.1 cm³/mol. The van der Waals surface area contributed by atoms with Crippen LogP contribution in [0.2, 0.25) is 0 Å². The molecule has 17 heavy (non-hydrogen) atoms. The summed E-state index contributed by atoms with van der Waals surface area (Å²) < 4.78 is 16.2. The number of hydrogen-bond donors (Lipinski definition) is 1. The van der Waals surface area contributed by atoms with E-state index in [2.05, 4.69) is 0 Å². The molecule has 0 saturated carbocycles. The summed E-state index contributed by atoms with van der Waals surface area (Å²) in [6.07, 6.45) is 0.818. The SMILES string of the molecule is CCC(SCC(C)C(=O)O)[Si](OC)(OC)OC. The fourth-order valence-corrected chi connectivity index (χ4v) is 6.11. The third-order valence-corrected chi connectivity index (χ3v) is 8.29. The summed E-state index contributed by atoms with van der Waals surface area (Å²) in [5, 5.41) is 8.85. The standard InChI is InChI=1S/C10H22O5SSi/c1-6-9(16-7-8(2)10(11)12)17(13-3,14-4)15-5/h8-9H,6-7H2,1-5H3,(H,11,12). The number of carboxylic acids is 1. The second kappa shape index (κ2) is 8.10. The first-order valence-electron chi connectivity index (χ1n) is 5.47. The summed E-state index contributed by atoms with van der Waals surface area (Å²) in [6.45, 7) is 3.71. The van der Waals surface area contributed by atoms with E-state index in [9.17, 15) is 4.79 Å². The van der Waals surface area contributed by atoms with Crippen molar-refractivity contribution in [3.05, 3.63) is 0 Å². The monoisotopic (exact) mass is 282 g/mol. The summed E-state index contributed by atoms with van der Waals surface area (Å²) in [5.74, 6) is -0.642. The molecule has 0 aromatic carbocycles. The van der Waals surface area contributed by atoms with Gasteiger partial charge in [0.25, 0.3) is 0 Å². The van der Waals surface area contributed by atoms with Crippen molar-refractivity contribution >= 4 is 26.5 Å². The molecular formula is C10H22O5SSi. The summed E-state index contributed by atoms with van der Waals surface area (Å²) in [7, 11) is 2.04. The van der Waals surface area contributed by atoms with E-state index in [1.54, 1.807) is 40.0 Å². The zero-order chi connectivity index (χ0) is 13.5. The molecule has 0 aromatic heterocycles. The fraction of sp³-hybridized carbons (Fsp3) is 0.900. The largest absolute Gasteiger partial charge is 0.513 e. The highest BCUT2D eigenvalue weighted by molar-refractivity contribution is 8.01. The Balaban J connectivity index is 4.54. The molecule has 5 nitrogen and oxygen atoms in total. The van der Waals surface area contributed by atoms with Crippen molar-refractivity contribution in [2.45, 2.75) is 25.1 Å². The lowest BCUT2D eigenvalue weighted by Crippen LogP contribution is -2.53. The van der Waals surface area contributed by atoms with Crippen molar-refractivity contribution in [3.63, 3.8) is 0 Å². The van der Waals surface area contributed by atoms with E-state index < -0.39 is 14.8 Å². The van der Waals surface area contributed by atoms with Gasteiger partial charge in [-0.3, -0.25) is 4.79 Å². The van der Waals surface area contributed by atoms with Gasteiger partial charge in [-0.1, -0.05) is 13.8 Å². The third-order valence-electron chi connectivity index (χ3n) is 2.59. The first-order valence-corrected chi connectivity index (χ1v) is 8.32. The van der Waals surface area contributed by atoms with Crippen LogP contribution in [0.5, 0.6) is 0 Å². The van der Waals surface area contributed by atoms with Gasteiger partial charge >= 0.3 is 14.8 Å². The first-order chi connectivity index (χ1) is 7.97. The van der Waals surface area contributed by atoms with E-state index in [1.807, 2.05) is 6.92 Å². The molecule has 0 radical (unpaired) electrons. The van der Waals surface area contributed by atoms with E-state index in [1.165, 1.54) is 0 Å². The number of carbonyl (C=O) groups is 1. The van der Waals surface area contributed by atoms with Crippen LogP contribution in [0, 0.1) is 5.92 Å².